The predicted octanol–water partition coefficient (Wildman–Crippen LogP) is 2.85. The lowest BCUT2D eigenvalue weighted by atomic mass is 9.98. The van der Waals surface area contributed by atoms with E-state index in [-0.39, 0.29) is 17.1 Å². The molecular weight excluding hydrogens is 376 g/mol. The molecule has 1 atom stereocenters. The number of aromatic nitrogens is 1. The third-order valence-electron chi connectivity index (χ3n) is 4.69. The van der Waals surface area contributed by atoms with Gasteiger partial charge in [-0.15, -0.1) is 0 Å². The molecule has 8 heteroatoms. The van der Waals surface area contributed by atoms with Gasteiger partial charge in [0.1, 0.15) is 0 Å². The van der Waals surface area contributed by atoms with Crippen LogP contribution in [0.15, 0.2) is 42.7 Å². The SMILES string of the molecule is COc1ccc(C(=O)NC(=S)NN2CCCCC2c2cccnc2)cc1OC. The van der Waals surface area contributed by atoms with Crippen LogP contribution in [0.25, 0.3) is 0 Å². The molecule has 1 aliphatic heterocycles. The highest BCUT2D eigenvalue weighted by atomic mass is 32.1. The Kier molecular flexibility index (Phi) is 6.78. The minimum absolute atomic E-state index is 0.165. The average Bonchev–Trinajstić information content (AvgIpc) is 2.74. The van der Waals surface area contributed by atoms with Crippen molar-refractivity contribution >= 4 is 23.2 Å². The minimum Gasteiger partial charge on any atom is -0.493 e. The first-order valence-electron chi connectivity index (χ1n) is 9.13. The normalized spacial score (nSPS) is 16.9. The molecular formula is C20H24N4O3S. The molecule has 1 aromatic carbocycles. The van der Waals surface area contributed by atoms with E-state index in [9.17, 15) is 4.79 Å². The molecule has 2 N–H and O–H groups in total. The number of pyridine rings is 1. The van der Waals surface area contributed by atoms with Crippen molar-refractivity contribution in [3.05, 3.63) is 53.9 Å². The molecule has 1 fully saturated rings. The van der Waals surface area contributed by atoms with Crippen LogP contribution in [0.2, 0.25) is 0 Å². The molecule has 0 spiro atoms. The fourth-order valence-electron chi connectivity index (χ4n) is 3.30. The van der Waals surface area contributed by atoms with Gasteiger partial charge in [-0.1, -0.05) is 12.5 Å². The smallest absolute Gasteiger partial charge is 0.257 e. The maximum Gasteiger partial charge on any atom is 0.257 e. The molecule has 0 aliphatic carbocycles. The fraction of sp³-hybridized carbons (Fsp3) is 0.350. The average molecular weight is 401 g/mol. The number of thiocarbonyl (C=S) groups is 1. The van der Waals surface area contributed by atoms with Crippen molar-refractivity contribution in [1.29, 1.82) is 0 Å². The summed E-state index contributed by atoms with van der Waals surface area (Å²) in [4.78, 5) is 16.8. The van der Waals surface area contributed by atoms with E-state index in [1.165, 1.54) is 7.11 Å². The number of hydrazine groups is 1. The number of rotatable bonds is 5. The minimum atomic E-state index is -0.312. The van der Waals surface area contributed by atoms with Gasteiger partial charge in [0.25, 0.3) is 5.91 Å². The van der Waals surface area contributed by atoms with Crippen LogP contribution in [0.1, 0.15) is 41.2 Å². The summed E-state index contributed by atoms with van der Waals surface area (Å²) in [5, 5.41) is 5.06. The zero-order valence-corrected chi connectivity index (χ0v) is 16.8. The van der Waals surface area contributed by atoms with Crippen molar-refractivity contribution < 1.29 is 14.3 Å². The Bertz CT molecular complexity index is 831. The molecule has 0 radical (unpaired) electrons. The van der Waals surface area contributed by atoms with Gasteiger partial charge < -0.3 is 9.47 Å². The van der Waals surface area contributed by atoms with Crippen LogP contribution >= 0.6 is 12.2 Å². The van der Waals surface area contributed by atoms with Gasteiger partial charge in [-0.25, -0.2) is 5.01 Å². The lowest BCUT2D eigenvalue weighted by Crippen LogP contribution is -2.51. The van der Waals surface area contributed by atoms with Gasteiger partial charge in [0, 0.05) is 24.5 Å². The number of hydrogen-bond donors (Lipinski definition) is 2. The number of methoxy groups -OCH3 is 2. The lowest BCUT2D eigenvalue weighted by Gasteiger charge is -2.36. The molecule has 3 rings (SSSR count). The summed E-state index contributed by atoms with van der Waals surface area (Å²) >= 11 is 5.37. The Hall–Kier alpha value is -2.71. The summed E-state index contributed by atoms with van der Waals surface area (Å²) < 4.78 is 10.4. The molecule has 1 saturated heterocycles. The van der Waals surface area contributed by atoms with Crippen molar-refractivity contribution in [2.24, 2.45) is 0 Å². The van der Waals surface area contributed by atoms with Crippen molar-refractivity contribution in [3.63, 3.8) is 0 Å². The number of benzene rings is 1. The van der Waals surface area contributed by atoms with E-state index in [1.54, 1.807) is 31.5 Å². The number of hydrogen-bond acceptors (Lipinski definition) is 6. The summed E-state index contributed by atoms with van der Waals surface area (Å²) in [7, 11) is 3.08. The Balaban J connectivity index is 1.65. The quantitative estimate of drug-likeness (QED) is 0.748. The molecule has 1 aliphatic rings. The maximum atomic E-state index is 12.6. The number of carbonyl (C=O) groups excluding carboxylic acids is 1. The molecule has 1 aromatic heterocycles. The highest BCUT2D eigenvalue weighted by Gasteiger charge is 2.25. The lowest BCUT2D eigenvalue weighted by molar-refractivity contribution is 0.0957. The van der Waals surface area contributed by atoms with Crippen LogP contribution in [-0.2, 0) is 0 Å². The molecule has 0 bridgehead atoms. The largest absolute Gasteiger partial charge is 0.493 e. The number of ether oxygens (including phenoxy) is 2. The molecule has 2 heterocycles. The zero-order valence-electron chi connectivity index (χ0n) is 16.0. The zero-order chi connectivity index (χ0) is 19.9. The maximum absolute atomic E-state index is 12.6. The van der Waals surface area contributed by atoms with Gasteiger partial charge in [0.2, 0.25) is 0 Å². The summed E-state index contributed by atoms with van der Waals surface area (Å²) in [5.41, 5.74) is 4.73. The molecule has 28 heavy (non-hydrogen) atoms. The summed E-state index contributed by atoms with van der Waals surface area (Å²) in [5.74, 6) is 0.738. The Labute approximate surface area is 170 Å². The standard InChI is InChI=1S/C20H24N4O3S/c1-26-17-9-8-14(12-18(17)27-2)19(25)22-20(28)23-24-11-4-3-7-16(24)15-6-5-10-21-13-15/h5-6,8-10,12-13,16H,3-4,7,11H2,1-2H3,(H2,22,23,25,28). The predicted molar refractivity (Wildman–Crippen MR) is 110 cm³/mol. The highest BCUT2D eigenvalue weighted by molar-refractivity contribution is 7.80. The van der Waals surface area contributed by atoms with Crippen molar-refractivity contribution in [2.45, 2.75) is 25.3 Å². The van der Waals surface area contributed by atoms with Crippen molar-refractivity contribution in [3.8, 4) is 11.5 Å². The van der Waals surface area contributed by atoms with Crippen molar-refractivity contribution in [1.82, 2.24) is 20.7 Å². The second-order valence-electron chi connectivity index (χ2n) is 6.46. The van der Waals surface area contributed by atoms with Gasteiger partial charge in [-0.05, 0) is 54.9 Å². The molecule has 7 nitrogen and oxygen atoms in total. The fourth-order valence-corrected chi connectivity index (χ4v) is 3.51. The Morgan fingerprint density at radius 3 is 2.75 bits per heavy atom. The van der Waals surface area contributed by atoms with Crippen LogP contribution in [0.4, 0.5) is 0 Å². The van der Waals surface area contributed by atoms with E-state index in [0.29, 0.717) is 17.1 Å². The van der Waals surface area contributed by atoms with E-state index < -0.39 is 0 Å². The van der Waals surface area contributed by atoms with Crippen LogP contribution < -0.4 is 20.2 Å². The second kappa shape index (κ2) is 9.48. The molecule has 1 amide bonds. The summed E-state index contributed by atoms with van der Waals surface area (Å²) in [6.07, 6.45) is 6.84. The molecule has 148 valence electrons. The van der Waals surface area contributed by atoms with Gasteiger partial charge in [-0.2, -0.15) is 0 Å². The number of nitrogens with zero attached hydrogens (tertiary/aromatic N) is 2. The summed E-state index contributed by atoms with van der Waals surface area (Å²) in [6.45, 7) is 0.839. The van der Waals surface area contributed by atoms with Crippen molar-refractivity contribution in [2.75, 3.05) is 20.8 Å². The summed E-state index contributed by atoms with van der Waals surface area (Å²) in [6, 6.07) is 9.13. The van der Waals surface area contributed by atoms with E-state index in [2.05, 4.69) is 26.8 Å². The number of piperidine rings is 1. The second-order valence-corrected chi connectivity index (χ2v) is 6.86. The van der Waals surface area contributed by atoms with Gasteiger partial charge >= 0.3 is 0 Å². The molecule has 2 aromatic rings. The first kappa shape index (κ1) is 20.0. The monoisotopic (exact) mass is 400 g/mol. The number of amides is 1. The Morgan fingerprint density at radius 2 is 2.04 bits per heavy atom. The van der Waals surface area contributed by atoms with Crippen LogP contribution in [0, 0.1) is 0 Å². The van der Waals surface area contributed by atoms with Gasteiger partial charge in [0.05, 0.1) is 20.3 Å². The van der Waals surface area contributed by atoms with Gasteiger partial charge in [0.15, 0.2) is 16.6 Å². The van der Waals surface area contributed by atoms with Crippen LogP contribution in [0.5, 0.6) is 11.5 Å². The number of nitrogens with one attached hydrogen (secondary N) is 2. The van der Waals surface area contributed by atoms with Crippen LogP contribution in [-0.4, -0.2) is 41.8 Å². The van der Waals surface area contributed by atoms with E-state index in [1.807, 2.05) is 12.3 Å². The van der Waals surface area contributed by atoms with Crippen LogP contribution in [0.3, 0.4) is 0 Å². The van der Waals surface area contributed by atoms with Gasteiger partial charge in [-0.3, -0.25) is 20.5 Å². The van der Waals surface area contributed by atoms with E-state index in [0.717, 1.165) is 31.4 Å². The first-order valence-corrected chi connectivity index (χ1v) is 9.53. The third-order valence-corrected chi connectivity index (χ3v) is 4.88. The topological polar surface area (TPSA) is 75.7 Å². The van der Waals surface area contributed by atoms with E-state index in [4.69, 9.17) is 21.7 Å². The first-order chi connectivity index (χ1) is 13.6. The highest BCUT2D eigenvalue weighted by Crippen LogP contribution is 2.29. The number of carbonyl (C=O) groups is 1. The Morgan fingerprint density at radius 1 is 1.21 bits per heavy atom. The third kappa shape index (κ3) is 4.76. The molecule has 1 unspecified atom stereocenters. The van der Waals surface area contributed by atoms with E-state index >= 15 is 0 Å². The molecule has 0 saturated carbocycles.